The van der Waals surface area contributed by atoms with Gasteiger partial charge in [-0.1, -0.05) is 31.5 Å². The van der Waals surface area contributed by atoms with E-state index in [9.17, 15) is 4.79 Å². The summed E-state index contributed by atoms with van der Waals surface area (Å²) >= 11 is 0. The van der Waals surface area contributed by atoms with Crippen molar-refractivity contribution < 1.29 is 9.53 Å². The molecule has 0 spiro atoms. The molecule has 76 valence electrons. The zero-order chi connectivity index (χ0) is 10.6. The maximum atomic E-state index is 10.8. The van der Waals surface area contributed by atoms with E-state index >= 15 is 0 Å². The molecule has 1 amide bonds. The first-order valence-corrected chi connectivity index (χ1v) is 4.79. The number of benzene rings is 1. The second kappa shape index (κ2) is 4.65. The standard InChI is InChI=1S/C9H9NO2.C2H6/c1-6-2-3-8-7(4-6)5-12-9(11)10-8;1-2/h2-4H,5H2,1H3,(H,10,11);1-2H3. The smallest absolute Gasteiger partial charge is 0.411 e. The van der Waals surface area contributed by atoms with Crippen LogP contribution < -0.4 is 5.32 Å². The van der Waals surface area contributed by atoms with E-state index in [0.717, 1.165) is 11.3 Å². The van der Waals surface area contributed by atoms with Crippen molar-refractivity contribution in [2.24, 2.45) is 0 Å². The molecule has 1 aliphatic rings. The van der Waals surface area contributed by atoms with Crippen molar-refractivity contribution in [3.05, 3.63) is 29.3 Å². The molecule has 1 heterocycles. The lowest BCUT2D eigenvalue weighted by molar-refractivity contribution is 0.151. The van der Waals surface area contributed by atoms with Gasteiger partial charge in [0, 0.05) is 5.56 Å². The fourth-order valence-electron chi connectivity index (χ4n) is 1.25. The quantitative estimate of drug-likeness (QED) is 0.687. The van der Waals surface area contributed by atoms with Gasteiger partial charge in [0.15, 0.2) is 0 Å². The van der Waals surface area contributed by atoms with Crippen molar-refractivity contribution in [3.63, 3.8) is 0 Å². The molecule has 0 bridgehead atoms. The average Bonchev–Trinajstić information content (AvgIpc) is 2.21. The van der Waals surface area contributed by atoms with Crippen molar-refractivity contribution in [1.82, 2.24) is 0 Å². The molecule has 2 rings (SSSR count). The monoisotopic (exact) mass is 193 g/mol. The van der Waals surface area contributed by atoms with Crippen LogP contribution in [0.25, 0.3) is 0 Å². The number of fused-ring (bicyclic) bond motifs is 1. The number of carbonyl (C=O) groups excluding carboxylic acids is 1. The van der Waals surface area contributed by atoms with Crippen molar-refractivity contribution in [2.75, 3.05) is 5.32 Å². The highest BCUT2D eigenvalue weighted by Gasteiger charge is 2.14. The van der Waals surface area contributed by atoms with Gasteiger partial charge in [-0.25, -0.2) is 4.79 Å². The van der Waals surface area contributed by atoms with E-state index in [4.69, 9.17) is 4.74 Å². The summed E-state index contributed by atoms with van der Waals surface area (Å²) in [6.07, 6.45) is -0.369. The van der Waals surface area contributed by atoms with Gasteiger partial charge in [-0.15, -0.1) is 0 Å². The van der Waals surface area contributed by atoms with Crippen LogP contribution in [0, 0.1) is 6.92 Å². The molecule has 3 heteroatoms. The fourth-order valence-corrected chi connectivity index (χ4v) is 1.25. The first-order valence-electron chi connectivity index (χ1n) is 4.79. The maximum Gasteiger partial charge on any atom is 0.411 e. The highest BCUT2D eigenvalue weighted by Crippen LogP contribution is 2.21. The Balaban J connectivity index is 0.000000461. The summed E-state index contributed by atoms with van der Waals surface area (Å²) in [7, 11) is 0. The third-order valence-electron chi connectivity index (χ3n) is 1.86. The molecule has 0 fully saturated rings. The second-order valence-corrected chi connectivity index (χ2v) is 2.86. The highest BCUT2D eigenvalue weighted by molar-refractivity contribution is 5.87. The molecule has 0 unspecified atom stereocenters. The molecule has 0 aliphatic carbocycles. The molecule has 1 N–H and O–H groups in total. The molecule has 3 nitrogen and oxygen atoms in total. The Morgan fingerprint density at radius 2 is 2.07 bits per heavy atom. The van der Waals surface area contributed by atoms with E-state index < -0.39 is 0 Å². The number of rotatable bonds is 0. The van der Waals surface area contributed by atoms with Gasteiger partial charge in [-0.2, -0.15) is 0 Å². The van der Waals surface area contributed by atoms with Crippen LogP contribution in [0.15, 0.2) is 18.2 Å². The Morgan fingerprint density at radius 3 is 2.79 bits per heavy atom. The molecule has 1 aliphatic heterocycles. The summed E-state index contributed by atoms with van der Waals surface area (Å²) in [5, 5.41) is 2.63. The molecular formula is C11H15NO2. The lowest BCUT2D eigenvalue weighted by atomic mass is 10.1. The van der Waals surface area contributed by atoms with Crippen LogP contribution >= 0.6 is 0 Å². The van der Waals surface area contributed by atoms with Gasteiger partial charge in [0.2, 0.25) is 0 Å². The first-order chi connectivity index (χ1) is 6.75. The van der Waals surface area contributed by atoms with Crippen LogP contribution in [0.5, 0.6) is 0 Å². The summed E-state index contributed by atoms with van der Waals surface area (Å²) < 4.78 is 4.81. The minimum Gasteiger partial charge on any atom is -0.444 e. The molecule has 1 aromatic carbocycles. The lowest BCUT2D eigenvalue weighted by Gasteiger charge is -2.17. The third-order valence-corrected chi connectivity index (χ3v) is 1.86. The van der Waals surface area contributed by atoms with Crippen molar-refractivity contribution >= 4 is 11.8 Å². The molecule has 1 aromatic rings. The molecule has 0 radical (unpaired) electrons. The predicted molar refractivity (Wildman–Crippen MR) is 56.3 cm³/mol. The number of hydrogen-bond acceptors (Lipinski definition) is 2. The van der Waals surface area contributed by atoms with Crippen LogP contribution in [0.4, 0.5) is 10.5 Å². The number of hydrogen-bond donors (Lipinski definition) is 1. The number of aryl methyl sites for hydroxylation is 1. The van der Waals surface area contributed by atoms with Gasteiger partial charge in [-0.3, -0.25) is 5.32 Å². The van der Waals surface area contributed by atoms with Gasteiger partial charge < -0.3 is 4.74 Å². The zero-order valence-electron chi connectivity index (χ0n) is 8.76. The summed E-state index contributed by atoms with van der Waals surface area (Å²) in [6.45, 7) is 6.39. The number of cyclic esters (lactones) is 1. The Kier molecular flexibility index (Phi) is 3.51. The van der Waals surface area contributed by atoms with E-state index in [2.05, 4.69) is 5.32 Å². The molecule has 0 saturated carbocycles. The summed E-state index contributed by atoms with van der Waals surface area (Å²) in [5.74, 6) is 0. The van der Waals surface area contributed by atoms with Gasteiger partial charge in [0.05, 0.1) is 5.69 Å². The topological polar surface area (TPSA) is 38.3 Å². The first kappa shape index (κ1) is 10.6. The van der Waals surface area contributed by atoms with E-state index in [1.807, 2.05) is 39.0 Å². The SMILES string of the molecule is CC.Cc1ccc2c(c1)COC(=O)N2. The van der Waals surface area contributed by atoms with Crippen LogP contribution in [0.3, 0.4) is 0 Å². The molecular weight excluding hydrogens is 178 g/mol. The Hall–Kier alpha value is -1.51. The van der Waals surface area contributed by atoms with Crippen LogP contribution in [0.1, 0.15) is 25.0 Å². The minimum absolute atomic E-state index is 0.369. The summed E-state index contributed by atoms with van der Waals surface area (Å²) in [5.41, 5.74) is 3.07. The molecule has 14 heavy (non-hydrogen) atoms. The number of anilines is 1. The number of carbonyl (C=O) groups is 1. The summed E-state index contributed by atoms with van der Waals surface area (Å²) in [6, 6.07) is 5.87. The van der Waals surface area contributed by atoms with E-state index in [1.165, 1.54) is 5.56 Å². The average molecular weight is 193 g/mol. The van der Waals surface area contributed by atoms with Crippen molar-refractivity contribution in [1.29, 1.82) is 0 Å². The van der Waals surface area contributed by atoms with Gasteiger partial charge >= 0.3 is 6.09 Å². The Labute approximate surface area is 84.1 Å². The van der Waals surface area contributed by atoms with E-state index in [0.29, 0.717) is 6.61 Å². The number of nitrogens with one attached hydrogen (secondary N) is 1. The largest absolute Gasteiger partial charge is 0.444 e. The van der Waals surface area contributed by atoms with Crippen LogP contribution in [-0.4, -0.2) is 6.09 Å². The molecule has 0 atom stereocenters. The van der Waals surface area contributed by atoms with Gasteiger partial charge in [0.25, 0.3) is 0 Å². The lowest BCUT2D eigenvalue weighted by Crippen LogP contribution is -2.20. The van der Waals surface area contributed by atoms with E-state index in [1.54, 1.807) is 0 Å². The van der Waals surface area contributed by atoms with Gasteiger partial charge in [-0.05, 0) is 13.0 Å². The normalized spacial score (nSPS) is 12.9. The Morgan fingerprint density at radius 1 is 1.36 bits per heavy atom. The predicted octanol–water partition coefficient (Wildman–Crippen LogP) is 3.08. The highest BCUT2D eigenvalue weighted by atomic mass is 16.5. The third kappa shape index (κ3) is 2.25. The molecule has 0 saturated heterocycles. The fraction of sp³-hybridized carbons (Fsp3) is 0.364. The van der Waals surface area contributed by atoms with Crippen LogP contribution in [-0.2, 0) is 11.3 Å². The van der Waals surface area contributed by atoms with Gasteiger partial charge in [0.1, 0.15) is 6.61 Å². The number of amides is 1. The van der Waals surface area contributed by atoms with Crippen molar-refractivity contribution in [2.45, 2.75) is 27.4 Å². The number of ether oxygens (including phenoxy) is 1. The van der Waals surface area contributed by atoms with Crippen molar-refractivity contribution in [3.8, 4) is 0 Å². The van der Waals surface area contributed by atoms with E-state index in [-0.39, 0.29) is 6.09 Å². The molecule has 0 aromatic heterocycles. The minimum atomic E-state index is -0.369. The van der Waals surface area contributed by atoms with Crippen LogP contribution in [0.2, 0.25) is 0 Å². The maximum absolute atomic E-state index is 10.8. The zero-order valence-corrected chi connectivity index (χ0v) is 8.76. The summed E-state index contributed by atoms with van der Waals surface area (Å²) in [4.78, 5) is 10.8. The Bertz CT molecular complexity index is 334. The second-order valence-electron chi connectivity index (χ2n) is 2.86.